The van der Waals surface area contributed by atoms with Crippen molar-refractivity contribution in [1.29, 1.82) is 0 Å². The molecule has 0 aliphatic rings. The van der Waals surface area contributed by atoms with Crippen LogP contribution in [0.3, 0.4) is 0 Å². The lowest BCUT2D eigenvalue weighted by atomic mass is 9.99. The smallest absolute Gasteiger partial charge is 0.201 e. The van der Waals surface area contributed by atoms with E-state index in [9.17, 15) is 0 Å². The molecule has 0 aliphatic carbocycles. The molecule has 1 heterocycles. The first-order chi connectivity index (χ1) is 9.56. The zero-order valence-corrected chi connectivity index (χ0v) is 13.5. The monoisotopic (exact) mass is 313 g/mol. The van der Waals surface area contributed by atoms with Gasteiger partial charge in [-0.1, -0.05) is 56.3 Å². The number of aromatic nitrogens is 2. The molecule has 1 aromatic carbocycles. The maximum atomic E-state index is 6.11. The Morgan fingerprint density at radius 2 is 1.95 bits per heavy atom. The summed E-state index contributed by atoms with van der Waals surface area (Å²) in [5, 5.41) is 1.06. The highest BCUT2D eigenvalue weighted by Gasteiger charge is 2.14. The summed E-state index contributed by atoms with van der Waals surface area (Å²) >= 11 is 12.1. The molecule has 5 heteroatoms. The second-order valence-corrected chi connectivity index (χ2v) is 6.07. The van der Waals surface area contributed by atoms with Crippen LogP contribution in [0.2, 0.25) is 10.0 Å². The fourth-order valence-corrected chi connectivity index (χ4v) is 2.82. The van der Waals surface area contributed by atoms with Crippen molar-refractivity contribution in [2.45, 2.75) is 46.1 Å². The molecule has 2 rings (SSSR count). The standard InChI is InChI=1S/C15H21Cl2N3/c1-3-5-6-10(4-2)9-20-14-8-12(17)11(16)7-13(14)19-15(20)18/h7-8,10H,3-6,9H2,1-2H3,(H2,18,19). The number of imidazole rings is 1. The van der Waals surface area contributed by atoms with E-state index in [1.54, 1.807) is 6.07 Å². The summed E-state index contributed by atoms with van der Waals surface area (Å²) < 4.78 is 2.06. The highest BCUT2D eigenvalue weighted by Crippen LogP contribution is 2.30. The van der Waals surface area contributed by atoms with Gasteiger partial charge in [0.15, 0.2) is 0 Å². The normalized spacial score (nSPS) is 13.0. The zero-order valence-electron chi connectivity index (χ0n) is 12.0. The molecule has 3 nitrogen and oxygen atoms in total. The van der Waals surface area contributed by atoms with E-state index < -0.39 is 0 Å². The van der Waals surface area contributed by atoms with Crippen molar-refractivity contribution in [2.24, 2.45) is 5.92 Å². The fraction of sp³-hybridized carbons (Fsp3) is 0.533. The van der Waals surface area contributed by atoms with Crippen LogP contribution in [0.5, 0.6) is 0 Å². The molecule has 0 bridgehead atoms. The van der Waals surface area contributed by atoms with Gasteiger partial charge in [-0.05, 0) is 24.5 Å². The van der Waals surface area contributed by atoms with Crippen molar-refractivity contribution in [2.75, 3.05) is 5.73 Å². The molecule has 0 amide bonds. The maximum absolute atomic E-state index is 6.11. The summed E-state index contributed by atoms with van der Waals surface area (Å²) in [6.45, 7) is 5.33. The molecule has 0 spiro atoms. The van der Waals surface area contributed by atoms with E-state index in [0.717, 1.165) is 24.0 Å². The van der Waals surface area contributed by atoms with E-state index in [1.165, 1.54) is 19.3 Å². The Balaban J connectivity index is 2.33. The summed E-state index contributed by atoms with van der Waals surface area (Å²) in [7, 11) is 0. The molecule has 1 unspecified atom stereocenters. The summed E-state index contributed by atoms with van der Waals surface area (Å²) in [5.41, 5.74) is 7.82. The van der Waals surface area contributed by atoms with E-state index in [4.69, 9.17) is 28.9 Å². The molecule has 1 atom stereocenters. The van der Waals surface area contributed by atoms with Crippen LogP contribution in [0.15, 0.2) is 12.1 Å². The number of anilines is 1. The Morgan fingerprint density at radius 3 is 2.60 bits per heavy atom. The summed E-state index contributed by atoms with van der Waals surface area (Å²) in [4.78, 5) is 4.38. The van der Waals surface area contributed by atoms with Crippen molar-refractivity contribution >= 4 is 40.2 Å². The van der Waals surface area contributed by atoms with Gasteiger partial charge in [0.2, 0.25) is 5.95 Å². The molecule has 0 fully saturated rings. The number of unbranched alkanes of at least 4 members (excludes halogenated alkanes) is 1. The van der Waals surface area contributed by atoms with Crippen molar-refractivity contribution < 1.29 is 0 Å². The lowest BCUT2D eigenvalue weighted by Gasteiger charge is -2.16. The van der Waals surface area contributed by atoms with Crippen LogP contribution in [0.4, 0.5) is 5.95 Å². The quantitative estimate of drug-likeness (QED) is 0.802. The van der Waals surface area contributed by atoms with E-state index in [0.29, 0.717) is 21.9 Å². The van der Waals surface area contributed by atoms with Crippen LogP contribution in [0.25, 0.3) is 11.0 Å². The second-order valence-electron chi connectivity index (χ2n) is 5.25. The summed E-state index contributed by atoms with van der Waals surface area (Å²) in [6.07, 6.45) is 4.82. The molecule has 2 aromatic rings. The third kappa shape index (κ3) is 3.21. The minimum absolute atomic E-state index is 0.516. The lowest BCUT2D eigenvalue weighted by Crippen LogP contribution is -2.12. The van der Waals surface area contributed by atoms with Crippen molar-refractivity contribution in [3.05, 3.63) is 22.2 Å². The lowest BCUT2D eigenvalue weighted by molar-refractivity contribution is 0.398. The molecule has 110 valence electrons. The van der Waals surface area contributed by atoms with E-state index in [1.807, 2.05) is 6.07 Å². The van der Waals surface area contributed by atoms with Gasteiger partial charge in [0.05, 0.1) is 21.1 Å². The van der Waals surface area contributed by atoms with Gasteiger partial charge in [0.1, 0.15) is 0 Å². The Hall–Kier alpha value is -0.930. The van der Waals surface area contributed by atoms with Crippen LogP contribution < -0.4 is 5.73 Å². The predicted octanol–water partition coefficient (Wildman–Crippen LogP) is 5.14. The molecule has 0 radical (unpaired) electrons. The highest BCUT2D eigenvalue weighted by molar-refractivity contribution is 6.42. The molecule has 2 N–H and O–H groups in total. The number of nitrogen functional groups attached to an aromatic ring is 1. The third-order valence-corrected chi connectivity index (χ3v) is 4.53. The van der Waals surface area contributed by atoms with Gasteiger partial charge in [-0.25, -0.2) is 4.98 Å². The molecular weight excluding hydrogens is 293 g/mol. The van der Waals surface area contributed by atoms with Crippen molar-refractivity contribution in [3.63, 3.8) is 0 Å². The first kappa shape index (κ1) is 15.5. The maximum Gasteiger partial charge on any atom is 0.201 e. The number of nitrogens with zero attached hydrogens (tertiary/aromatic N) is 2. The number of rotatable bonds is 6. The summed E-state index contributed by atoms with van der Waals surface area (Å²) in [5.74, 6) is 1.15. The number of nitrogens with two attached hydrogens (primary N) is 1. The molecule has 0 saturated carbocycles. The van der Waals surface area contributed by atoms with Gasteiger partial charge >= 0.3 is 0 Å². The van der Waals surface area contributed by atoms with Crippen LogP contribution >= 0.6 is 23.2 Å². The van der Waals surface area contributed by atoms with E-state index >= 15 is 0 Å². The van der Waals surface area contributed by atoms with Gasteiger partial charge in [0, 0.05) is 6.54 Å². The highest BCUT2D eigenvalue weighted by atomic mass is 35.5. The molecule has 0 aliphatic heterocycles. The van der Waals surface area contributed by atoms with Crippen LogP contribution in [0, 0.1) is 5.92 Å². The van der Waals surface area contributed by atoms with Crippen molar-refractivity contribution in [3.8, 4) is 0 Å². The first-order valence-corrected chi connectivity index (χ1v) is 7.93. The minimum Gasteiger partial charge on any atom is -0.369 e. The third-order valence-electron chi connectivity index (χ3n) is 3.80. The minimum atomic E-state index is 0.516. The average molecular weight is 314 g/mol. The van der Waals surface area contributed by atoms with E-state index in [2.05, 4.69) is 23.4 Å². The number of halogens is 2. The molecule has 0 saturated heterocycles. The number of hydrogen-bond donors (Lipinski definition) is 1. The Bertz CT molecular complexity index is 592. The largest absolute Gasteiger partial charge is 0.369 e. The number of benzene rings is 1. The predicted molar refractivity (Wildman–Crippen MR) is 87.5 cm³/mol. The Kier molecular flexibility index (Phi) is 5.17. The number of hydrogen-bond acceptors (Lipinski definition) is 2. The molecule has 1 aromatic heterocycles. The van der Waals surface area contributed by atoms with Gasteiger partial charge in [0.25, 0.3) is 0 Å². The average Bonchev–Trinajstić information content (AvgIpc) is 2.71. The SMILES string of the molecule is CCCCC(CC)Cn1c(N)nc2cc(Cl)c(Cl)cc21. The Morgan fingerprint density at radius 1 is 1.25 bits per heavy atom. The Labute approximate surface area is 130 Å². The zero-order chi connectivity index (χ0) is 14.7. The van der Waals surface area contributed by atoms with Crippen LogP contribution in [0.1, 0.15) is 39.5 Å². The number of fused-ring (bicyclic) bond motifs is 1. The van der Waals surface area contributed by atoms with Gasteiger partial charge < -0.3 is 10.3 Å². The van der Waals surface area contributed by atoms with Crippen LogP contribution in [-0.2, 0) is 6.54 Å². The summed E-state index contributed by atoms with van der Waals surface area (Å²) in [6, 6.07) is 3.63. The second kappa shape index (κ2) is 6.68. The van der Waals surface area contributed by atoms with Gasteiger partial charge in [-0.15, -0.1) is 0 Å². The topological polar surface area (TPSA) is 43.8 Å². The van der Waals surface area contributed by atoms with Crippen molar-refractivity contribution in [1.82, 2.24) is 9.55 Å². The van der Waals surface area contributed by atoms with Crippen LogP contribution in [-0.4, -0.2) is 9.55 Å². The van der Waals surface area contributed by atoms with Gasteiger partial charge in [-0.2, -0.15) is 0 Å². The first-order valence-electron chi connectivity index (χ1n) is 7.17. The molecular formula is C15H21Cl2N3. The van der Waals surface area contributed by atoms with Gasteiger partial charge in [-0.3, -0.25) is 0 Å². The fourth-order valence-electron chi connectivity index (χ4n) is 2.51. The molecule has 20 heavy (non-hydrogen) atoms. The van der Waals surface area contributed by atoms with E-state index in [-0.39, 0.29) is 0 Å².